The number of carbonyl (C=O) groups excluding carboxylic acids is 1. The summed E-state index contributed by atoms with van der Waals surface area (Å²) < 4.78 is 0. The van der Waals surface area contributed by atoms with Crippen molar-refractivity contribution in [2.24, 2.45) is 10.2 Å². The van der Waals surface area contributed by atoms with E-state index in [1.54, 1.807) is 42.5 Å². The summed E-state index contributed by atoms with van der Waals surface area (Å²) in [5, 5.41) is 30.8. The van der Waals surface area contributed by atoms with Crippen LogP contribution < -0.4 is 0 Å². The van der Waals surface area contributed by atoms with Crippen LogP contribution in [0.3, 0.4) is 0 Å². The topological polar surface area (TPSA) is 85.5 Å². The summed E-state index contributed by atoms with van der Waals surface area (Å²) in [7, 11) is 0. The normalized spacial score (nSPS) is 11.4. The van der Waals surface area contributed by atoms with Crippen LogP contribution in [0.1, 0.15) is 24.2 Å². The standard InChI is InChI=1S/C21H23N3O3.ClH/c1-3-24(4-2)12-11-22-23-21(27)14-9-10-17-18(13-14)20(26)16-8-6-5-7-15(16)19(17)25;/h5-10,13,25-26H,3-4,11-12H2,1-2H3;1H. The number of aromatic hydroxyl groups is 2. The van der Waals surface area contributed by atoms with Crippen molar-refractivity contribution in [1.29, 1.82) is 0 Å². The first kappa shape index (κ1) is 21.6. The number of carbonyl (C=O) groups is 1. The van der Waals surface area contributed by atoms with Crippen molar-refractivity contribution < 1.29 is 15.0 Å². The summed E-state index contributed by atoms with van der Waals surface area (Å²) in [5.74, 6) is -0.353. The third kappa shape index (κ3) is 4.24. The quantitative estimate of drug-likeness (QED) is 0.354. The minimum absolute atomic E-state index is 0. The molecule has 3 rings (SSSR count). The molecule has 148 valence electrons. The number of phenolic OH excluding ortho intramolecular Hbond substituents is 2. The van der Waals surface area contributed by atoms with Gasteiger partial charge >= 0.3 is 0 Å². The average Bonchev–Trinajstić information content (AvgIpc) is 2.71. The van der Waals surface area contributed by atoms with E-state index in [4.69, 9.17) is 0 Å². The summed E-state index contributed by atoms with van der Waals surface area (Å²) in [6.07, 6.45) is 0. The molecule has 0 aliphatic carbocycles. The van der Waals surface area contributed by atoms with E-state index in [1.165, 1.54) is 0 Å². The maximum atomic E-state index is 12.3. The Bertz CT molecular complexity index is 1020. The molecule has 0 unspecified atom stereocenters. The second-order valence-corrected chi connectivity index (χ2v) is 6.30. The van der Waals surface area contributed by atoms with E-state index in [0.717, 1.165) is 19.6 Å². The minimum Gasteiger partial charge on any atom is -0.507 e. The van der Waals surface area contributed by atoms with Gasteiger partial charge < -0.3 is 15.1 Å². The lowest BCUT2D eigenvalue weighted by molar-refractivity contribution is 0.0993. The Balaban J connectivity index is 0.00000280. The molecule has 0 spiro atoms. The molecule has 0 radical (unpaired) electrons. The fraction of sp³-hybridized carbons (Fsp3) is 0.286. The fourth-order valence-electron chi connectivity index (χ4n) is 3.16. The van der Waals surface area contributed by atoms with Crippen molar-refractivity contribution in [2.75, 3.05) is 26.2 Å². The number of nitrogens with zero attached hydrogens (tertiary/aromatic N) is 3. The predicted molar refractivity (Wildman–Crippen MR) is 114 cm³/mol. The smallest absolute Gasteiger partial charge is 0.295 e. The molecular weight excluding hydrogens is 378 g/mol. The van der Waals surface area contributed by atoms with Crippen molar-refractivity contribution in [2.45, 2.75) is 13.8 Å². The predicted octanol–water partition coefficient (Wildman–Crippen LogP) is 4.76. The van der Waals surface area contributed by atoms with E-state index in [2.05, 4.69) is 29.0 Å². The summed E-state index contributed by atoms with van der Waals surface area (Å²) in [5.41, 5.74) is 0.319. The van der Waals surface area contributed by atoms with Gasteiger partial charge in [0.1, 0.15) is 11.5 Å². The highest BCUT2D eigenvalue weighted by Gasteiger charge is 2.14. The Labute approximate surface area is 169 Å². The van der Waals surface area contributed by atoms with Gasteiger partial charge in [0.25, 0.3) is 5.91 Å². The number of rotatable bonds is 6. The largest absolute Gasteiger partial charge is 0.507 e. The van der Waals surface area contributed by atoms with Crippen LogP contribution in [-0.2, 0) is 0 Å². The SMILES string of the molecule is CCN(CC)CCN=NC(=O)c1ccc2c(O)c3ccccc3c(O)c2c1.Cl. The van der Waals surface area contributed by atoms with Gasteiger partial charge in [0.05, 0.1) is 6.54 Å². The van der Waals surface area contributed by atoms with Gasteiger partial charge in [-0.2, -0.15) is 5.11 Å². The summed E-state index contributed by atoms with van der Waals surface area (Å²) in [6.45, 7) is 7.22. The van der Waals surface area contributed by atoms with Gasteiger partial charge in [0, 0.05) is 33.7 Å². The van der Waals surface area contributed by atoms with E-state index in [-0.39, 0.29) is 23.9 Å². The molecule has 3 aromatic rings. The minimum atomic E-state index is -0.469. The first-order valence-corrected chi connectivity index (χ1v) is 9.07. The molecule has 0 atom stereocenters. The van der Waals surface area contributed by atoms with Crippen molar-refractivity contribution in [3.8, 4) is 11.5 Å². The van der Waals surface area contributed by atoms with Crippen molar-refractivity contribution in [3.05, 3.63) is 48.0 Å². The van der Waals surface area contributed by atoms with Gasteiger partial charge in [0.15, 0.2) is 0 Å². The molecule has 0 heterocycles. The lowest BCUT2D eigenvalue weighted by atomic mass is 9.99. The first-order chi connectivity index (χ1) is 13.1. The maximum absolute atomic E-state index is 12.3. The monoisotopic (exact) mass is 401 g/mol. The van der Waals surface area contributed by atoms with Crippen LogP contribution in [0.4, 0.5) is 0 Å². The molecule has 6 nitrogen and oxygen atoms in total. The van der Waals surface area contributed by atoms with Crippen LogP contribution in [0.25, 0.3) is 21.5 Å². The zero-order valence-electron chi connectivity index (χ0n) is 15.9. The van der Waals surface area contributed by atoms with E-state index in [9.17, 15) is 15.0 Å². The zero-order chi connectivity index (χ0) is 19.4. The number of likely N-dealkylation sites (N-methyl/N-ethyl adjacent to an activating group) is 1. The number of phenols is 2. The number of fused-ring (bicyclic) bond motifs is 2. The molecule has 0 aliphatic rings. The highest BCUT2D eigenvalue weighted by molar-refractivity contribution is 6.12. The van der Waals surface area contributed by atoms with Crippen LogP contribution in [0.5, 0.6) is 11.5 Å². The van der Waals surface area contributed by atoms with Gasteiger partial charge in [-0.1, -0.05) is 38.1 Å². The van der Waals surface area contributed by atoms with Gasteiger partial charge in [-0.15, -0.1) is 17.5 Å². The Hall–Kier alpha value is -2.70. The van der Waals surface area contributed by atoms with Crippen LogP contribution in [0, 0.1) is 0 Å². The second-order valence-electron chi connectivity index (χ2n) is 6.30. The molecule has 3 aromatic carbocycles. The first-order valence-electron chi connectivity index (χ1n) is 9.07. The number of benzene rings is 3. The third-order valence-electron chi connectivity index (χ3n) is 4.79. The third-order valence-corrected chi connectivity index (χ3v) is 4.79. The number of azo groups is 1. The highest BCUT2D eigenvalue weighted by atomic mass is 35.5. The van der Waals surface area contributed by atoms with E-state index in [0.29, 0.717) is 33.7 Å². The number of hydrogen-bond donors (Lipinski definition) is 2. The highest BCUT2D eigenvalue weighted by Crippen LogP contribution is 2.41. The van der Waals surface area contributed by atoms with Gasteiger partial charge in [-0.25, -0.2) is 0 Å². The molecule has 28 heavy (non-hydrogen) atoms. The summed E-state index contributed by atoms with van der Waals surface area (Å²) in [4.78, 5) is 14.5. The zero-order valence-corrected chi connectivity index (χ0v) is 16.7. The van der Waals surface area contributed by atoms with Crippen molar-refractivity contribution in [1.82, 2.24) is 4.90 Å². The molecule has 0 bridgehead atoms. The van der Waals surface area contributed by atoms with Crippen LogP contribution in [-0.4, -0.2) is 47.2 Å². The molecule has 0 saturated heterocycles. The molecule has 1 amide bonds. The van der Waals surface area contributed by atoms with Crippen molar-refractivity contribution >= 4 is 39.9 Å². The molecule has 0 aliphatic heterocycles. The van der Waals surface area contributed by atoms with E-state index >= 15 is 0 Å². The van der Waals surface area contributed by atoms with Crippen LogP contribution in [0.2, 0.25) is 0 Å². The number of halogens is 1. The maximum Gasteiger partial charge on any atom is 0.295 e. The number of hydrogen-bond acceptors (Lipinski definition) is 5. The van der Waals surface area contributed by atoms with Gasteiger partial charge in [-0.05, 0) is 31.3 Å². The Morgan fingerprint density at radius 1 is 0.929 bits per heavy atom. The molecule has 0 fully saturated rings. The second kappa shape index (κ2) is 9.48. The summed E-state index contributed by atoms with van der Waals surface area (Å²) in [6, 6.07) is 11.8. The van der Waals surface area contributed by atoms with E-state index < -0.39 is 5.91 Å². The molecular formula is C21H24ClN3O3. The Morgan fingerprint density at radius 2 is 1.50 bits per heavy atom. The molecule has 7 heteroatoms. The average molecular weight is 402 g/mol. The van der Waals surface area contributed by atoms with Crippen LogP contribution in [0.15, 0.2) is 52.7 Å². The molecule has 0 saturated carbocycles. The number of amides is 1. The molecule has 2 N–H and O–H groups in total. The van der Waals surface area contributed by atoms with Gasteiger partial charge in [0.2, 0.25) is 0 Å². The van der Waals surface area contributed by atoms with Crippen molar-refractivity contribution in [3.63, 3.8) is 0 Å². The lowest BCUT2D eigenvalue weighted by Gasteiger charge is -2.15. The van der Waals surface area contributed by atoms with Gasteiger partial charge in [-0.3, -0.25) is 4.79 Å². The van der Waals surface area contributed by atoms with Crippen LogP contribution >= 0.6 is 12.4 Å². The Morgan fingerprint density at radius 3 is 2.11 bits per heavy atom. The van der Waals surface area contributed by atoms with E-state index in [1.807, 2.05) is 0 Å². The summed E-state index contributed by atoms with van der Waals surface area (Å²) >= 11 is 0. The lowest BCUT2D eigenvalue weighted by Crippen LogP contribution is -2.25. The fourth-order valence-corrected chi connectivity index (χ4v) is 3.16. The Kier molecular flexibility index (Phi) is 7.31. The molecule has 0 aromatic heterocycles.